The van der Waals surface area contributed by atoms with Crippen LogP contribution in [-0.4, -0.2) is 42.8 Å². The van der Waals surface area contributed by atoms with E-state index in [2.05, 4.69) is 20.8 Å². The largest absolute Gasteiger partial charge is 0.469 e. The lowest BCUT2D eigenvalue weighted by Crippen LogP contribution is -2.44. The summed E-state index contributed by atoms with van der Waals surface area (Å²) in [5, 5.41) is 0. The summed E-state index contributed by atoms with van der Waals surface area (Å²) in [5.74, 6) is 0.407. The Bertz CT molecular complexity index is 469. The number of hydrogen-bond donors (Lipinski definition) is 0. The zero-order valence-electron chi connectivity index (χ0n) is 17.4. The van der Waals surface area contributed by atoms with E-state index in [1.54, 1.807) is 0 Å². The number of ether oxygens (including phenoxy) is 2. The Labute approximate surface area is 153 Å². The Morgan fingerprint density at radius 3 is 1.92 bits per heavy atom. The molecule has 0 bridgehead atoms. The van der Waals surface area contributed by atoms with Gasteiger partial charge in [-0.25, -0.2) is 4.79 Å². The molecule has 1 rings (SSSR count). The number of carbonyl (C=O) groups excluding carboxylic acids is 2. The van der Waals surface area contributed by atoms with E-state index >= 15 is 0 Å². The van der Waals surface area contributed by atoms with Crippen LogP contribution in [0, 0.1) is 16.7 Å². The molecule has 1 amide bonds. The predicted molar refractivity (Wildman–Crippen MR) is 99.3 cm³/mol. The minimum atomic E-state index is -0.608. The quantitative estimate of drug-likeness (QED) is 0.674. The van der Waals surface area contributed by atoms with Crippen LogP contribution >= 0.6 is 0 Å². The van der Waals surface area contributed by atoms with E-state index in [9.17, 15) is 9.59 Å². The van der Waals surface area contributed by atoms with Gasteiger partial charge in [-0.15, -0.1) is 0 Å². The molecule has 5 nitrogen and oxygen atoms in total. The molecule has 1 saturated heterocycles. The summed E-state index contributed by atoms with van der Waals surface area (Å²) < 4.78 is 10.6. The maximum Gasteiger partial charge on any atom is 0.410 e. The SMILES string of the molecule is COC(=O)C(C)(C)CCC(C)(C)OC(=O)N1CCC(C(C)(C)C)CC1. The van der Waals surface area contributed by atoms with Gasteiger partial charge in [-0.05, 0) is 64.7 Å². The molecule has 0 radical (unpaired) electrons. The number of piperidine rings is 1. The van der Waals surface area contributed by atoms with Crippen molar-refractivity contribution in [2.45, 2.75) is 79.8 Å². The summed E-state index contributed by atoms with van der Waals surface area (Å²) in [5.41, 5.74) is -0.901. The summed E-state index contributed by atoms with van der Waals surface area (Å²) in [6, 6.07) is 0. The molecule has 1 aliphatic heterocycles. The van der Waals surface area contributed by atoms with Crippen LogP contribution in [0.5, 0.6) is 0 Å². The van der Waals surface area contributed by atoms with Crippen molar-refractivity contribution >= 4 is 12.1 Å². The van der Waals surface area contributed by atoms with Crippen LogP contribution in [0.4, 0.5) is 4.79 Å². The van der Waals surface area contributed by atoms with E-state index in [0.717, 1.165) is 25.9 Å². The molecule has 0 aromatic heterocycles. The fourth-order valence-electron chi connectivity index (χ4n) is 3.27. The highest BCUT2D eigenvalue weighted by molar-refractivity contribution is 5.75. The number of amides is 1. The van der Waals surface area contributed by atoms with E-state index in [1.807, 2.05) is 32.6 Å². The first-order chi connectivity index (χ1) is 11.3. The lowest BCUT2D eigenvalue weighted by molar-refractivity contribution is -0.151. The van der Waals surface area contributed by atoms with Gasteiger partial charge in [0.25, 0.3) is 0 Å². The van der Waals surface area contributed by atoms with Crippen molar-refractivity contribution in [1.29, 1.82) is 0 Å². The van der Waals surface area contributed by atoms with E-state index < -0.39 is 11.0 Å². The van der Waals surface area contributed by atoms with Crippen LogP contribution in [0.25, 0.3) is 0 Å². The average molecular weight is 356 g/mol. The highest BCUT2D eigenvalue weighted by atomic mass is 16.6. The van der Waals surface area contributed by atoms with Crippen molar-refractivity contribution in [2.75, 3.05) is 20.2 Å². The normalized spacial score (nSPS) is 17.4. The van der Waals surface area contributed by atoms with Gasteiger partial charge in [0, 0.05) is 13.1 Å². The monoisotopic (exact) mass is 355 g/mol. The molecule has 0 atom stereocenters. The lowest BCUT2D eigenvalue weighted by Gasteiger charge is -2.39. The first-order valence-electron chi connectivity index (χ1n) is 9.35. The Morgan fingerprint density at radius 2 is 1.48 bits per heavy atom. The van der Waals surface area contributed by atoms with Crippen molar-refractivity contribution < 1.29 is 19.1 Å². The van der Waals surface area contributed by atoms with Crippen molar-refractivity contribution in [3.05, 3.63) is 0 Å². The number of likely N-dealkylation sites (tertiary alicyclic amines) is 1. The second kappa shape index (κ2) is 7.96. The molecule has 25 heavy (non-hydrogen) atoms. The molecular weight excluding hydrogens is 318 g/mol. The fraction of sp³-hybridized carbons (Fsp3) is 0.900. The molecule has 0 aromatic carbocycles. The number of nitrogens with zero attached hydrogens (tertiary/aromatic N) is 1. The van der Waals surface area contributed by atoms with E-state index in [-0.39, 0.29) is 17.5 Å². The number of rotatable bonds is 5. The standard InChI is InChI=1S/C20H37NO4/c1-18(2,3)15-9-13-21(14-10-15)17(23)25-20(6,7)12-11-19(4,5)16(22)24-8/h15H,9-14H2,1-8H3. The van der Waals surface area contributed by atoms with E-state index in [1.165, 1.54) is 7.11 Å². The van der Waals surface area contributed by atoms with Crippen molar-refractivity contribution in [3.63, 3.8) is 0 Å². The maximum atomic E-state index is 12.5. The molecule has 1 heterocycles. The molecule has 0 saturated carbocycles. The minimum absolute atomic E-state index is 0.237. The molecule has 0 spiro atoms. The molecule has 0 aliphatic carbocycles. The highest BCUT2D eigenvalue weighted by Crippen LogP contribution is 2.35. The van der Waals surface area contributed by atoms with Crippen LogP contribution in [0.2, 0.25) is 0 Å². The maximum absolute atomic E-state index is 12.5. The lowest BCUT2D eigenvalue weighted by atomic mass is 9.75. The van der Waals surface area contributed by atoms with Gasteiger partial charge in [-0.2, -0.15) is 0 Å². The molecule has 1 fully saturated rings. The number of esters is 1. The number of carbonyl (C=O) groups is 2. The number of methoxy groups -OCH3 is 1. The third-order valence-electron chi connectivity index (χ3n) is 5.43. The Morgan fingerprint density at radius 1 is 0.960 bits per heavy atom. The van der Waals surface area contributed by atoms with Crippen LogP contribution in [0.3, 0.4) is 0 Å². The third kappa shape index (κ3) is 6.52. The molecule has 0 N–H and O–H groups in total. The van der Waals surface area contributed by atoms with E-state index in [0.29, 0.717) is 18.8 Å². The summed E-state index contributed by atoms with van der Waals surface area (Å²) in [7, 11) is 1.40. The van der Waals surface area contributed by atoms with Gasteiger partial charge in [0.05, 0.1) is 12.5 Å². The van der Waals surface area contributed by atoms with Crippen LogP contribution in [0.15, 0.2) is 0 Å². The average Bonchev–Trinajstić information content (AvgIpc) is 2.51. The summed E-state index contributed by atoms with van der Waals surface area (Å²) >= 11 is 0. The molecular formula is C20H37NO4. The third-order valence-corrected chi connectivity index (χ3v) is 5.43. The second-order valence-corrected chi connectivity index (χ2v) is 9.63. The zero-order valence-corrected chi connectivity index (χ0v) is 17.4. The minimum Gasteiger partial charge on any atom is -0.469 e. The van der Waals surface area contributed by atoms with Gasteiger partial charge in [0.2, 0.25) is 0 Å². The smallest absolute Gasteiger partial charge is 0.410 e. The first-order valence-corrected chi connectivity index (χ1v) is 9.35. The molecule has 1 aliphatic rings. The zero-order chi connectivity index (χ0) is 19.5. The van der Waals surface area contributed by atoms with Gasteiger partial charge in [0.15, 0.2) is 0 Å². The van der Waals surface area contributed by atoms with Crippen LogP contribution in [0.1, 0.15) is 74.1 Å². The molecule has 0 unspecified atom stereocenters. The summed E-state index contributed by atoms with van der Waals surface area (Å²) in [6.07, 6.45) is 3.02. The van der Waals surface area contributed by atoms with Gasteiger partial charge in [0.1, 0.15) is 5.60 Å². The number of hydrogen-bond acceptors (Lipinski definition) is 4. The summed E-state index contributed by atoms with van der Waals surface area (Å²) in [4.78, 5) is 26.1. The Balaban J connectivity index is 2.52. The Kier molecular flexibility index (Phi) is 6.94. The molecule has 5 heteroatoms. The first kappa shape index (κ1) is 21.8. The second-order valence-electron chi connectivity index (χ2n) is 9.63. The van der Waals surface area contributed by atoms with Gasteiger partial charge >= 0.3 is 12.1 Å². The van der Waals surface area contributed by atoms with Gasteiger partial charge in [-0.1, -0.05) is 20.8 Å². The highest BCUT2D eigenvalue weighted by Gasteiger charge is 2.35. The molecule has 0 aromatic rings. The molecule has 146 valence electrons. The predicted octanol–water partition coefficient (Wildman–Crippen LogP) is 4.64. The van der Waals surface area contributed by atoms with Gasteiger partial charge < -0.3 is 14.4 Å². The topological polar surface area (TPSA) is 55.8 Å². The fourth-order valence-corrected chi connectivity index (χ4v) is 3.27. The van der Waals surface area contributed by atoms with Crippen molar-refractivity contribution in [3.8, 4) is 0 Å². The van der Waals surface area contributed by atoms with Crippen LogP contribution < -0.4 is 0 Å². The summed E-state index contributed by atoms with van der Waals surface area (Å²) in [6.45, 7) is 15.8. The Hall–Kier alpha value is -1.26. The van der Waals surface area contributed by atoms with Gasteiger partial charge in [-0.3, -0.25) is 4.79 Å². The van der Waals surface area contributed by atoms with E-state index in [4.69, 9.17) is 9.47 Å². The van der Waals surface area contributed by atoms with Crippen molar-refractivity contribution in [1.82, 2.24) is 4.90 Å². The van der Waals surface area contributed by atoms with Crippen molar-refractivity contribution in [2.24, 2.45) is 16.7 Å². The van der Waals surface area contributed by atoms with Crippen LogP contribution in [-0.2, 0) is 14.3 Å².